The van der Waals surface area contributed by atoms with Gasteiger partial charge in [0.1, 0.15) is 0 Å². The lowest BCUT2D eigenvalue weighted by molar-refractivity contribution is -0.116. The molecule has 16 heavy (non-hydrogen) atoms. The molecular formula is C13H26N2O. The molecule has 0 aliphatic rings. The third-order valence-corrected chi connectivity index (χ3v) is 3.30. The summed E-state index contributed by atoms with van der Waals surface area (Å²) < 4.78 is 0. The Morgan fingerprint density at radius 3 is 2.56 bits per heavy atom. The molecule has 0 aliphatic heterocycles. The Bertz CT molecular complexity index is 224. The molecule has 0 saturated heterocycles. The van der Waals surface area contributed by atoms with Gasteiger partial charge in [-0.2, -0.15) is 0 Å². The second kappa shape index (κ2) is 7.44. The van der Waals surface area contributed by atoms with Crippen LogP contribution in [0.1, 0.15) is 40.0 Å². The molecule has 0 aromatic carbocycles. The van der Waals surface area contributed by atoms with Crippen LogP contribution in [0, 0.1) is 0 Å². The zero-order chi connectivity index (χ0) is 12.6. The van der Waals surface area contributed by atoms with Gasteiger partial charge < -0.3 is 10.2 Å². The fourth-order valence-electron chi connectivity index (χ4n) is 1.33. The van der Waals surface area contributed by atoms with Crippen LogP contribution in [-0.4, -0.2) is 36.5 Å². The number of hydrogen-bond acceptors (Lipinski definition) is 2. The van der Waals surface area contributed by atoms with E-state index in [1.54, 1.807) is 0 Å². The molecule has 0 fully saturated rings. The maximum Gasteiger partial charge on any atom is 0.243 e. The standard InChI is InChI=1S/C13H26N2O/c1-6-12(16)14-10-8-9-11-15(5)13(3,4)7-2/h6H,1,7-11H2,2-5H3,(H,14,16). The van der Waals surface area contributed by atoms with Crippen molar-refractivity contribution in [1.82, 2.24) is 10.2 Å². The van der Waals surface area contributed by atoms with Gasteiger partial charge in [-0.3, -0.25) is 4.79 Å². The van der Waals surface area contributed by atoms with Gasteiger partial charge in [0.15, 0.2) is 0 Å². The molecule has 0 spiro atoms. The lowest BCUT2D eigenvalue weighted by atomic mass is 10.00. The zero-order valence-corrected chi connectivity index (χ0v) is 11.2. The molecule has 1 amide bonds. The van der Waals surface area contributed by atoms with Crippen LogP contribution in [0.5, 0.6) is 0 Å². The summed E-state index contributed by atoms with van der Waals surface area (Å²) in [6.07, 6.45) is 4.59. The highest BCUT2D eigenvalue weighted by molar-refractivity contribution is 5.86. The number of rotatable bonds is 8. The second-order valence-electron chi connectivity index (χ2n) is 4.79. The predicted molar refractivity (Wildman–Crippen MR) is 69.4 cm³/mol. The van der Waals surface area contributed by atoms with Crippen molar-refractivity contribution in [3.8, 4) is 0 Å². The maximum absolute atomic E-state index is 10.9. The van der Waals surface area contributed by atoms with Crippen molar-refractivity contribution in [2.45, 2.75) is 45.6 Å². The second-order valence-corrected chi connectivity index (χ2v) is 4.79. The van der Waals surface area contributed by atoms with E-state index >= 15 is 0 Å². The molecule has 3 nitrogen and oxygen atoms in total. The number of carbonyl (C=O) groups excluding carboxylic acids is 1. The van der Waals surface area contributed by atoms with Gasteiger partial charge in [0, 0.05) is 12.1 Å². The molecular weight excluding hydrogens is 200 g/mol. The van der Waals surface area contributed by atoms with Crippen molar-refractivity contribution >= 4 is 5.91 Å². The fourth-order valence-corrected chi connectivity index (χ4v) is 1.33. The van der Waals surface area contributed by atoms with Crippen LogP contribution in [0.25, 0.3) is 0 Å². The molecule has 3 heteroatoms. The Morgan fingerprint density at radius 1 is 1.44 bits per heavy atom. The van der Waals surface area contributed by atoms with Gasteiger partial charge in [-0.25, -0.2) is 0 Å². The van der Waals surface area contributed by atoms with E-state index < -0.39 is 0 Å². The summed E-state index contributed by atoms with van der Waals surface area (Å²) in [5.41, 5.74) is 0.268. The first-order valence-electron chi connectivity index (χ1n) is 6.05. The molecule has 0 bridgehead atoms. The zero-order valence-electron chi connectivity index (χ0n) is 11.2. The van der Waals surface area contributed by atoms with Gasteiger partial charge >= 0.3 is 0 Å². The van der Waals surface area contributed by atoms with E-state index in [0.29, 0.717) is 0 Å². The molecule has 0 aliphatic carbocycles. The van der Waals surface area contributed by atoms with Crippen LogP contribution in [0.4, 0.5) is 0 Å². The highest BCUT2D eigenvalue weighted by Gasteiger charge is 2.19. The third-order valence-electron chi connectivity index (χ3n) is 3.30. The minimum absolute atomic E-state index is 0.0813. The number of hydrogen-bond donors (Lipinski definition) is 1. The van der Waals surface area contributed by atoms with Crippen molar-refractivity contribution < 1.29 is 4.79 Å². The summed E-state index contributed by atoms with van der Waals surface area (Å²) in [6.45, 7) is 11.9. The quantitative estimate of drug-likeness (QED) is 0.508. The number of nitrogens with zero attached hydrogens (tertiary/aromatic N) is 1. The molecule has 94 valence electrons. The fraction of sp³-hybridized carbons (Fsp3) is 0.769. The summed E-state index contributed by atoms with van der Waals surface area (Å²) >= 11 is 0. The molecule has 1 N–H and O–H groups in total. The van der Waals surface area contributed by atoms with Crippen molar-refractivity contribution in [2.24, 2.45) is 0 Å². The van der Waals surface area contributed by atoms with Gasteiger partial charge in [-0.05, 0) is 52.8 Å². The molecule has 0 aromatic heterocycles. The maximum atomic E-state index is 10.9. The molecule has 0 unspecified atom stereocenters. The van der Waals surface area contributed by atoms with Crippen LogP contribution in [0.2, 0.25) is 0 Å². The highest BCUT2D eigenvalue weighted by atomic mass is 16.1. The van der Waals surface area contributed by atoms with Crippen LogP contribution in [-0.2, 0) is 4.79 Å². The van der Waals surface area contributed by atoms with Crippen LogP contribution in [0.15, 0.2) is 12.7 Å². The Morgan fingerprint density at radius 2 is 2.06 bits per heavy atom. The molecule has 0 aromatic rings. The first-order valence-corrected chi connectivity index (χ1v) is 6.05. The van der Waals surface area contributed by atoms with Gasteiger partial charge in [-0.15, -0.1) is 0 Å². The lowest BCUT2D eigenvalue weighted by Gasteiger charge is -2.34. The normalized spacial score (nSPS) is 11.6. The van der Waals surface area contributed by atoms with E-state index in [0.717, 1.165) is 32.4 Å². The summed E-state index contributed by atoms with van der Waals surface area (Å²) in [6, 6.07) is 0. The van der Waals surface area contributed by atoms with E-state index in [1.807, 2.05) is 0 Å². The summed E-state index contributed by atoms with van der Waals surface area (Å²) in [7, 11) is 2.16. The molecule has 0 atom stereocenters. The van der Waals surface area contributed by atoms with Crippen molar-refractivity contribution in [2.75, 3.05) is 20.1 Å². The third kappa shape index (κ3) is 5.91. The highest BCUT2D eigenvalue weighted by Crippen LogP contribution is 2.16. The van der Waals surface area contributed by atoms with Crippen LogP contribution in [0.3, 0.4) is 0 Å². The predicted octanol–water partition coefficient (Wildman–Crippen LogP) is 2.19. The van der Waals surface area contributed by atoms with E-state index in [9.17, 15) is 4.79 Å². The van der Waals surface area contributed by atoms with Crippen LogP contribution >= 0.6 is 0 Å². The Balaban J connectivity index is 3.59. The first-order chi connectivity index (χ1) is 7.44. The number of nitrogens with one attached hydrogen (secondary N) is 1. The lowest BCUT2D eigenvalue weighted by Crippen LogP contribution is -2.41. The van der Waals surface area contributed by atoms with Gasteiger partial charge in [0.2, 0.25) is 5.91 Å². The Kier molecular flexibility index (Phi) is 7.06. The minimum Gasteiger partial charge on any atom is -0.353 e. The Labute approximate surface area is 99.9 Å². The van der Waals surface area contributed by atoms with E-state index in [4.69, 9.17) is 0 Å². The molecule has 0 saturated carbocycles. The minimum atomic E-state index is -0.0813. The summed E-state index contributed by atoms with van der Waals surface area (Å²) in [4.78, 5) is 13.3. The summed E-state index contributed by atoms with van der Waals surface area (Å²) in [5.74, 6) is -0.0813. The van der Waals surface area contributed by atoms with Crippen LogP contribution < -0.4 is 5.32 Å². The van der Waals surface area contributed by atoms with Gasteiger partial charge in [-0.1, -0.05) is 13.5 Å². The number of unbranched alkanes of at least 4 members (excludes halogenated alkanes) is 1. The van der Waals surface area contributed by atoms with E-state index in [2.05, 4.69) is 44.6 Å². The van der Waals surface area contributed by atoms with Gasteiger partial charge in [0.05, 0.1) is 0 Å². The monoisotopic (exact) mass is 226 g/mol. The van der Waals surface area contributed by atoms with Crippen molar-refractivity contribution in [3.05, 3.63) is 12.7 Å². The average Bonchev–Trinajstić information content (AvgIpc) is 2.27. The first kappa shape index (κ1) is 15.2. The number of carbonyl (C=O) groups is 1. The molecule has 0 heterocycles. The number of amides is 1. The largest absolute Gasteiger partial charge is 0.353 e. The topological polar surface area (TPSA) is 32.3 Å². The summed E-state index contributed by atoms with van der Waals surface area (Å²) in [5, 5.41) is 2.78. The molecule has 0 rings (SSSR count). The van der Waals surface area contributed by atoms with E-state index in [1.165, 1.54) is 6.08 Å². The van der Waals surface area contributed by atoms with E-state index in [-0.39, 0.29) is 11.4 Å². The smallest absolute Gasteiger partial charge is 0.243 e. The van der Waals surface area contributed by atoms with Crippen molar-refractivity contribution in [3.63, 3.8) is 0 Å². The molecule has 0 radical (unpaired) electrons. The van der Waals surface area contributed by atoms with Crippen molar-refractivity contribution in [1.29, 1.82) is 0 Å². The SMILES string of the molecule is C=CC(=O)NCCCCN(C)C(C)(C)CC. The van der Waals surface area contributed by atoms with Gasteiger partial charge in [0.25, 0.3) is 0 Å². The Hall–Kier alpha value is -0.830. The average molecular weight is 226 g/mol.